The molecule has 0 aliphatic rings. The molecule has 0 spiro atoms. The molecule has 5 aromatic rings. The number of benzene rings is 3. The second-order valence-electron chi connectivity index (χ2n) is 7.66. The van der Waals surface area contributed by atoms with Crippen LogP contribution >= 0.6 is 0 Å². The summed E-state index contributed by atoms with van der Waals surface area (Å²) in [6.07, 6.45) is 0. The Kier molecular flexibility index (Phi) is 4.59. The summed E-state index contributed by atoms with van der Waals surface area (Å²) in [7, 11) is 1.80. The lowest BCUT2D eigenvalue weighted by Gasteiger charge is -2.11. The smallest absolute Gasteiger partial charge is 0.296 e. The lowest BCUT2D eigenvalue weighted by molar-refractivity contribution is 0.102. The van der Waals surface area contributed by atoms with E-state index in [1.54, 1.807) is 23.7 Å². The Bertz CT molecular complexity index is 1550. The molecule has 1 amide bonds. The van der Waals surface area contributed by atoms with Crippen LogP contribution in [0.25, 0.3) is 27.5 Å². The molecule has 5 rings (SSSR count). The molecule has 6 nitrogen and oxygen atoms in total. The van der Waals surface area contributed by atoms with Crippen LogP contribution in [0.15, 0.2) is 77.6 Å². The Morgan fingerprint density at radius 2 is 1.66 bits per heavy atom. The molecule has 0 aliphatic heterocycles. The molecule has 0 radical (unpaired) electrons. The number of anilines is 1. The fourth-order valence-electron chi connectivity index (χ4n) is 3.92. The van der Waals surface area contributed by atoms with Gasteiger partial charge in [0.05, 0.1) is 5.69 Å². The van der Waals surface area contributed by atoms with Crippen molar-refractivity contribution in [1.82, 2.24) is 14.3 Å². The maximum Gasteiger partial charge on any atom is 0.296 e. The molecule has 0 atom stereocenters. The summed E-state index contributed by atoms with van der Waals surface area (Å²) in [5.41, 5.74) is 3.03. The number of nitrogens with zero attached hydrogens (tertiary/aromatic N) is 3. The second-order valence-corrected chi connectivity index (χ2v) is 7.66. The topological polar surface area (TPSA) is 68.9 Å². The first-order chi connectivity index (χ1) is 15.4. The molecular formula is C25H19FN4O2. The van der Waals surface area contributed by atoms with Crippen LogP contribution in [0.3, 0.4) is 0 Å². The molecule has 158 valence electrons. The zero-order valence-corrected chi connectivity index (χ0v) is 17.5. The second kappa shape index (κ2) is 7.46. The minimum Gasteiger partial charge on any atom is -0.339 e. The van der Waals surface area contributed by atoms with E-state index in [4.69, 9.17) is 0 Å². The first-order valence-corrected chi connectivity index (χ1v) is 10.1. The van der Waals surface area contributed by atoms with Crippen molar-refractivity contribution in [2.45, 2.75) is 6.92 Å². The third-order valence-electron chi connectivity index (χ3n) is 5.53. The summed E-state index contributed by atoms with van der Waals surface area (Å²) in [5, 5.41) is 8.49. The molecule has 32 heavy (non-hydrogen) atoms. The molecule has 7 heteroatoms. The van der Waals surface area contributed by atoms with Gasteiger partial charge in [-0.3, -0.25) is 9.59 Å². The van der Waals surface area contributed by atoms with Crippen LogP contribution < -0.4 is 10.9 Å². The third-order valence-corrected chi connectivity index (χ3v) is 5.53. The number of amides is 1. The SMILES string of the molecule is Cc1ccc(-n2nc(C(=O)Nc3ccc(F)cc3)c3c4ccccc4n(C)c3c2=O)cc1. The minimum atomic E-state index is -0.487. The average Bonchev–Trinajstić information content (AvgIpc) is 3.10. The Morgan fingerprint density at radius 3 is 2.38 bits per heavy atom. The Hall–Kier alpha value is -4.26. The minimum absolute atomic E-state index is 0.112. The number of fused-ring (bicyclic) bond motifs is 3. The van der Waals surface area contributed by atoms with Gasteiger partial charge in [-0.2, -0.15) is 9.78 Å². The van der Waals surface area contributed by atoms with E-state index in [0.29, 0.717) is 22.3 Å². The first-order valence-electron chi connectivity index (χ1n) is 10.1. The number of carbonyl (C=O) groups excluding carboxylic acids is 1. The molecule has 0 saturated heterocycles. The molecule has 3 aromatic carbocycles. The van der Waals surface area contributed by atoms with Gasteiger partial charge in [0.1, 0.15) is 11.3 Å². The number of para-hydroxylation sites is 1. The molecular weight excluding hydrogens is 407 g/mol. The van der Waals surface area contributed by atoms with Crippen molar-refractivity contribution in [3.05, 3.63) is 100 Å². The number of hydrogen-bond donors (Lipinski definition) is 1. The number of aromatic nitrogens is 3. The molecule has 0 fully saturated rings. The van der Waals surface area contributed by atoms with Gasteiger partial charge >= 0.3 is 0 Å². The molecule has 2 heterocycles. The lowest BCUT2D eigenvalue weighted by atomic mass is 10.1. The molecule has 2 aromatic heterocycles. The quantitative estimate of drug-likeness (QED) is 0.459. The van der Waals surface area contributed by atoms with Crippen LogP contribution in [0, 0.1) is 12.7 Å². The van der Waals surface area contributed by atoms with Gasteiger partial charge < -0.3 is 9.88 Å². The predicted molar refractivity (Wildman–Crippen MR) is 123 cm³/mol. The number of carbonyl (C=O) groups is 1. The van der Waals surface area contributed by atoms with E-state index in [0.717, 1.165) is 16.5 Å². The van der Waals surface area contributed by atoms with Gasteiger partial charge in [-0.15, -0.1) is 0 Å². The number of nitrogens with one attached hydrogen (secondary N) is 1. The van der Waals surface area contributed by atoms with E-state index >= 15 is 0 Å². The van der Waals surface area contributed by atoms with Crippen molar-refractivity contribution in [3.63, 3.8) is 0 Å². The molecule has 1 N–H and O–H groups in total. The van der Waals surface area contributed by atoms with Crippen molar-refractivity contribution in [2.24, 2.45) is 7.05 Å². The summed E-state index contributed by atoms with van der Waals surface area (Å²) in [5.74, 6) is -0.885. The highest BCUT2D eigenvalue weighted by atomic mass is 19.1. The summed E-state index contributed by atoms with van der Waals surface area (Å²) in [6, 6.07) is 20.3. The number of rotatable bonds is 3. The van der Waals surface area contributed by atoms with Crippen molar-refractivity contribution < 1.29 is 9.18 Å². The molecule has 0 saturated carbocycles. The van der Waals surface area contributed by atoms with Gasteiger partial charge in [-0.05, 0) is 49.4 Å². The maximum atomic E-state index is 13.5. The largest absolute Gasteiger partial charge is 0.339 e. The Morgan fingerprint density at radius 1 is 0.969 bits per heavy atom. The summed E-state index contributed by atoms with van der Waals surface area (Å²) in [4.78, 5) is 26.8. The standard InChI is InChI=1S/C25H19FN4O2/c1-15-7-13-18(14-8-15)30-25(32)23-21(19-5-3-4-6-20(19)29(23)2)22(28-30)24(31)27-17-11-9-16(26)10-12-17/h3-14H,1-2H3,(H,27,31). The van der Waals surface area contributed by atoms with Crippen molar-refractivity contribution in [2.75, 3.05) is 5.32 Å². The normalized spacial score (nSPS) is 11.2. The average molecular weight is 426 g/mol. The van der Waals surface area contributed by atoms with Gasteiger partial charge in [0, 0.05) is 29.0 Å². The molecule has 0 bridgehead atoms. The van der Waals surface area contributed by atoms with Crippen LogP contribution in [0.4, 0.5) is 10.1 Å². The highest BCUT2D eigenvalue weighted by Crippen LogP contribution is 2.29. The summed E-state index contributed by atoms with van der Waals surface area (Å²) < 4.78 is 16.3. The monoisotopic (exact) mass is 426 g/mol. The summed E-state index contributed by atoms with van der Waals surface area (Å²) in [6.45, 7) is 1.95. The lowest BCUT2D eigenvalue weighted by Crippen LogP contribution is -2.27. The van der Waals surface area contributed by atoms with Gasteiger partial charge in [-0.25, -0.2) is 4.39 Å². The maximum absolute atomic E-state index is 13.5. The van der Waals surface area contributed by atoms with Gasteiger partial charge in [0.25, 0.3) is 11.5 Å². The van der Waals surface area contributed by atoms with Crippen LogP contribution in [-0.2, 0) is 7.05 Å². The predicted octanol–water partition coefficient (Wildman–Crippen LogP) is 4.58. The highest BCUT2D eigenvalue weighted by Gasteiger charge is 2.23. The van der Waals surface area contributed by atoms with Crippen LogP contribution in [-0.4, -0.2) is 20.3 Å². The van der Waals surface area contributed by atoms with Crippen molar-refractivity contribution in [3.8, 4) is 5.69 Å². The van der Waals surface area contributed by atoms with E-state index < -0.39 is 11.7 Å². The van der Waals surface area contributed by atoms with Gasteiger partial charge in [-0.1, -0.05) is 35.9 Å². The number of aryl methyl sites for hydroxylation is 2. The third kappa shape index (κ3) is 3.15. The summed E-state index contributed by atoms with van der Waals surface area (Å²) >= 11 is 0. The van der Waals surface area contributed by atoms with E-state index in [9.17, 15) is 14.0 Å². The van der Waals surface area contributed by atoms with Crippen LogP contribution in [0.1, 0.15) is 16.1 Å². The first kappa shape index (κ1) is 19.7. The van der Waals surface area contributed by atoms with E-state index in [-0.39, 0.29) is 11.3 Å². The van der Waals surface area contributed by atoms with E-state index in [1.807, 2.05) is 43.3 Å². The zero-order chi connectivity index (χ0) is 22.4. The highest BCUT2D eigenvalue weighted by molar-refractivity contribution is 6.19. The van der Waals surface area contributed by atoms with Crippen LogP contribution in [0.5, 0.6) is 0 Å². The molecule has 0 aliphatic carbocycles. The van der Waals surface area contributed by atoms with E-state index in [1.165, 1.54) is 28.9 Å². The number of halogens is 1. The van der Waals surface area contributed by atoms with Crippen LogP contribution in [0.2, 0.25) is 0 Å². The molecule has 0 unspecified atom stereocenters. The van der Waals surface area contributed by atoms with Crippen molar-refractivity contribution >= 4 is 33.4 Å². The van der Waals surface area contributed by atoms with E-state index in [2.05, 4.69) is 10.4 Å². The van der Waals surface area contributed by atoms with Gasteiger partial charge in [0.15, 0.2) is 5.69 Å². The number of hydrogen-bond acceptors (Lipinski definition) is 3. The van der Waals surface area contributed by atoms with Crippen molar-refractivity contribution in [1.29, 1.82) is 0 Å². The van der Waals surface area contributed by atoms with Gasteiger partial charge in [0.2, 0.25) is 0 Å². The Labute approximate surface area is 182 Å². The fourth-order valence-corrected chi connectivity index (χ4v) is 3.92. The fraction of sp³-hybridized carbons (Fsp3) is 0.0800. The zero-order valence-electron chi connectivity index (χ0n) is 17.5. The Balaban J connectivity index is 1.79.